The van der Waals surface area contributed by atoms with Crippen molar-refractivity contribution in [2.24, 2.45) is 10.9 Å². The molecule has 1 aromatic rings. The Balaban J connectivity index is 1.83. The van der Waals surface area contributed by atoms with E-state index in [1.165, 1.54) is 0 Å². The van der Waals surface area contributed by atoms with Gasteiger partial charge < -0.3 is 14.2 Å². The van der Waals surface area contributed by atoms with Crippen molar-refractivity contribution in [1.29, 1.82) is 0 Å². The molecule has 0 N–H and O–H groups in total. The number of nitrogens with zero attached hydrogens (tertiary/aromatic N) is 1. The highest BCUT2D eigenvalue weighted by atomic mass is 16.6. The van der Waals surface area contributed by atoms with Gasteiger partial charge in [0.15, 0.2) is 5.70 Å². The van der Waals surface area contributed by atoms with Crippen LogP contribution in [0.2, 0.25) is 0 Å². The first-order valence-corrected chi connectivity index (χ1v) is 7.98. The maximum atomic E-state index is 12.0. The van der Waals surface area contributed by atoms with Crippen LogP contribution in [-0.4, -0.2) is 32.2 Å². The molecule has 2 aliphatic heterocycles. The van der Waals surface area contributed by atoms with Crippen LogP contribution in [-0.2, 0) is 20.7 Å². The molecule has 1 aromatic carbocycles. The average Bonchev–Trinajstić information content (AvgIpc) is 2.96. The predicted molar refractivity (Wildman–Crippen MR) is 87.4 cm³/mol. The van der Waals surface area contributed by atoms with Crippen LogP contribution < -0.4 is 4.74 Å². The van der Waals surface area contributed by atoms with Crippen LogP contribution in [0.5, 0.6) is 5.75 Å². The summed E-state index contributed by atoms with van der Waals surface area (Å²) >= 11 is 0. The van der Waals surface area contributed by atoms with E-state index in [4.69, 9.17) is 14.2 Å². The van der Waals surface area contributed by atoms with E-state index < -0.39 is 0 Å². The molecule has 3 rings (SSSR count). The van der Waals surface area contributed by atoms with Crippen molar-refractivity contribution in [1.82, 2.24) is 0 Å². The molecule has 5 heteroatoms. The number of hydrogen-bond donors (Lipinski definition) is 0. The van der Waals surface area contributed by atoms with Crippen molar-refractivity contribution in [2.75, 3.05) is 20.3 Å². The zero-order valence-electron chi connectivity index (χ0n) is 13.5. The van der Waals surface area contributed by atoms with Gasteiger partial charge in [-0.1, -0.05) is 13.0 Å². The van der Waals surface area contributed by atoms with Gasteiger partial charge in [-0.2, -0.15) is 0 Å². The number of hydrogen-bond acceptors (Lipinski definition) is 5. The van der Waals surface area contributed by atoms with Crippen LogP contribution in [0.1, 0.15) is 30.9 Å². The predicted octanol–water partition coefficient (Wildman–Crippen LogP) is 2.98. The smallest absolute Gasteiger partial charge is 0.363 e. The molecule has 0 spiro atoms. The molecular weight excluding hydrogens is 294 g/mol. The lowest BCUT2D eigenvalue weighted by Gasteiger charge is -2.20. The number of cyclic esters (lactones) is 1. The molecule has 1 saturated heterocycles. The van der Waals surface area contributed by atoms with E-state index in [-0.39, 0.29) is 11.9 Å². The summed E-state index contributed by atoms with van der Waals surface area (Å²) in [7, 11) is 1.66. The van der Waals surface area contributed by atoms with Gasteiger partial charge in [-0.25, -0.2) is 9.79 Å². The van der Waals surface area contributed by atoms with Crippen molar-refractivity contribution >= 4 is 17.9 Å². The fourth-order valence-corrected chi connectivity index (χ4v) is 2.87. The SMILES string of the molecule is CCc1cc(/C=C2/N=C(C3CCOCC3)OC2=O)ccc1OC. The zero-order valence-corrected chi connectivity index (χ0v) is 13.5. The molecule has 0 bridgehead atoms. The first kappa shape index (κ1) is 15.7. The summed E-state index contributed by atoms with van der Waals surface area (Å²) in [5.74, 6) is 1.20. The number of carbonyl (C=O) groups is 1. The second kappa shape index (κ2) is 6.96. The molecular formula is C18H21NO4. The van der Waals surface area contributed by atoms with Crippen LogP contribution >= 0.6 is 0 Å². The fraction of sp³-hybridized carbons (Fsp3) is 0.444. The number of esters is 1. The molecule has 2 heterocycles. The van der Waals surface area contributed by atoms with E-state index in [0.717, 1.165) is 36.1 Å². The maximum Gasteiger partial charge on any atom is 0.363 e. The molecule has 0 unspecified atom stereocenters. The summed E-state index contributed by atoms with van der Waals surface area (Å²) in [6.45, 7) is 3.46. The summed E-state index contributed by atoms with van der Waals surface area (Å²) in [4.78, 5) is 16.5. The summed E-state index contributed by atoms with van der Waals surface area (Å²) < 4.78 is 16.0. The number of carbonyl (C=O) groups excluding carboxylic acids is 1. The molecule has 0 atom stereocenters. The van der Waals surface area contributed by atoms with Gasteiger partial charge in [0, 0.05) is 19.1 Å². The van der Waals surface area contributed by atoms with Gasteiger partial charge in [-0.15, -0.1) is 0 Å². The molecule has 1 fully saturated rings. The molecule has 0 aliphatic carbocycles. The van der Waals surface area contributed by atoms with Gasteiger partial charge in [-0.3, -0.25) is 0 Å². The van der Waals surface area contributed by atoms with Crippen molar-refractivity contribution in [3.63, 3.8) is 0 Å². The lowest BCUT2D eigenvalue weighted by atomic mass is 10.0. The maximum absolute atomic E-state index is 12.0. The fourth-order valence-electron chi connectivity index (χ4n) is 2.87. The molecule has 0 amide bonds. The Kier molecular flexibility index (Phi) is 4.76. The van der Waals surface area contributed by atoms with Crippen molar-refractivity contribution in [3.05, 3.63) is 35.0 Å². The minimum absolute atomic E-state index is 0.181. The number of rotatable bonds is 4. The number of aryl methyl sites for hydroxylation is 1. The van der Waals surface area contributed by atoms with Gasteiger partial charge in [0.25, 0.3) is 0 Å². The number of methoxy groups -OCH3 is 1. The van der Waals surface area contributed by atoms with Gasteiger partial charge in [0.05, 0.1) is 7.11 Å². The van der Waals surface area contributed by atoms with Crippen LogP contribution in [0.25, 0.3) is 6.08 Å². The second-order valence-corrected chi connectivity index (χ2v) is 5.68. The van der Waals surface area contributed by atoms with E-state index in [2.05, 4.69) is 11.9 Å². The Hall–Kier alpha value is -2.14. The van der Waals surface area contributed by atoms with Gasteiger partial charge in [0.1, 0.15) is 5.75 Å². The average molecular weight is 315 g/mol. The molecule has 0 aromatic heterocycles. The van der Waals surface area contributed by atoms with E-state index in [0.29, 0.717) is 24.8 Å². The van der Waals surface area contributed by atoms with Gasteiger partial charge in [0.2, 0.25) is 5.90 Å². The number of benzene rings is 1. The first-order valence-electron chi connectivity index (χ1n) is 7.98. The molecule has 5 nitrogen and oxygen atoms in total. The van der Waals surface area contributed by atoms with E-state index in [9.17, 15) is 4.79 Å². The highest BCUT2D eigenvalue weighted by Crippen LogP contribution is 2.26. The third kappa shape index (κ3) is 3.45. The zero-order chi connectivity index (χ0) is 16.2. The second-order valence-electron chi connectivity index (χ2n) is 5.68. The Morgan fingerprint density at radius 1 is 1.35 bits per heavy atom. The normalized spacial score (nSPS) is 20.5. The molecule has 122 valence electrons. The topological polar surface area (TPSA) is 57.1 Å². The lowest BCUT2D eigenvalue weighted by Crippen LogP contribution is -2.24. The van der Waals surface area contributed by atoms with Crippen LogP contribution in [0.15, 0.2) is 28.9 Å². The Morgan fingerprint density at radius 2 is 2.13 bits per heavy atom. The molecule has 0 radical (unpaired) electrons. The standard InChI is InChI=1S/C18H21NO4/c1-3-13-10-12(4-5-16(13)21-2)11-15-18(20)23-17(19-15)14-6-8-22-9-7-14/h4-5,10-11,14H,3,6-9H2,1-2H3/b15-11+. The Bertz CT molecular complexity index is 657. The Labute approximate surface area is 136 Å². The van der Waals surface area contributed by atoms with Gasteiger partial charge in [-0.05, 0) is 48.6 Å². The molecule has 2 aliphatic rings. The van der Waals surface area contributed by atoms with Gasteiger partial charge >= 0.3 is 5.97 Å². The Morgan fingerprint density at radius 3 is 2.83 bits per heavy atom. The summed E-state index contributed by atoms with van der Waals surface area (Å²) in [6.07, 6.45) is 4.33. The molecule has 0 saturated carbocycles. The summed E-state index contributed by atoms with van der Waals surface area (Å²) in [6, 6.07) is 5.84. The minimum atomic E-state index is -0.375. The quantitative estimate of drug-likeness (QED) is 0.633. The third-order valence-corrected chi connectivity index (χ3v) is 4.20. The lowest BCUT2D eigenvalue weighted by molar-refractivity contribution is -0.130. The molecule has 23 heavy (non-hydrogen) atoms. The largest absolute Gasteiger partial charge is 0.496 e. The van der Waals surface area contributed by atoms with Crippen LogP contribution in [0.3, 0.4) is 0 Å². The highest BCUT2D eigenvalue weighted by molar-refractivity contribution is 6.07. The monoisotopic (exact) mass is 315 g/mol. The van der Waals surface area contributed by atoms with Crippen molar-refractivity contribution < 1.29 is 19.0 Å². The first-order chi connectivity index (χ1) is 11.2. The number of ether oxygens (including phenoxy) is 3. The summed E-state index contributed by atoms with van der Waals surface area (Å²) in [5.41, 5.74) is 2.38. The third-order valence-electron chi connectivity index (χ3n) is 4.20. The van der Waals surface area contributed by atoms with E-state index in [1.807, 2.05) is 18.2 Å². The van der Waals surface area contributed by atoms with E-state index >= 15 is 0 Å². The van der Waals surface area contributed by atoms with E-state index in [1.54, 1.807) is 13.2 Å². The summed E-state index contributed by atoms with van der Waals surface area (Å²) in [5, 5.41) is 0. The van der Waals surface area contributed by atoms with Crippen molar-refractivity contribution in [3.8, 4) is 5.75 Å². The number of aliphatic imine (C=N–C) groups is 1. The van der Waals surface area contributed by atoms with Crippen molar-refractivity contribution in [2.45, 2.75) is 26.2 Å². The minimum Gasteiger partial charge on any atom is -0.496 e. The van der Waals surface area contributed by atoms with Crippen LogP contribution in [0.4, 0.5) is 0 Å². The van der Waals surface area contributed by atoms with Crippen LogP contribution in [0, 0.1) is 5.92 Å². The highest BCUT2D eigenvalue weighted by Gasteiger charge is 2.30.